The molecule has 0 radical (unpaired) electrons. The van der Waals surface area contributed by atoms with Crippen LogP contribution in [-0.2, 0) is 4.79 Å². The lowest BCUT2D eigenvalue weighted by atomic mass is 9.91. The van der Waals surface area contributed by atoms with Crippen molar-refractivity contribution < 1.29 is 4.79 Å². The van der Waals surface area contributed by atoms with E-state index < -0.39 is 0 Å². The number of anilines is 1. The predicted octanol–water partition coefficient (Wildman–Crippen LogP) is 6.47. The first-order valence-electron chi connectivity index (χ1n) is 9.08. The van der Waals surface area contributed by atoms with E-state index in [1.54, 1.807) is 0 Å². The Hall–Kier alpha value is -2.09. The molecule has 0 atom stereocenters. The first-order valence-corrected chi connectivity index (χ1v) is 9.08. The summed E-state index contributed by atoms with van der Waals surface area (Å²) in [4.78, 5) is 12.5. The van der Waals surface area contributed by atoms with E-state index in [9.17, 15) is 4.79 Å². The average molecular weight is 338 g/mol. The maximum absolute atomic E-state index is 12.5. The minimum absolute atomic E-state index is 0.0260. The second-order valence-electron chi connectivity index (χ2n) is 8.57. The number of carbonyl (C=O) groups is 1. The van der Waals surface area contributed by atoms with E-state index in [1.165, 1.54) is 11.1 Å². The smallest absolute Gasteiger partial charge is 0.224 e. The Morgan fingerprint density at radius 2 is 1.64 bits per heavy atom. The number of benzene rings is 2. The van der Waals surface area contributed by atoms with Gasteiger partial charge in [-0.2, -0.15) is 0 Å². The third kappa shape index (κ3) is 5.19. The summed E-state index contributed by atoms with van der Waals surface area (Å²) in [5.74, 6) is 0.582. The molecule has 1 amide bonds. The largest absolute Gasteiger partial charge is 0.325 e. The summed E-state index contributed by atoms with van der Waals surface area (Å²) < 4.78 is 0. The van der Waals surface area contributed by atoms with Crippen molar-refractivity contribution in [3.8, 4) is 11.1 Å². The zero-order valence-electron chi connectivity index (χ0n) is 16.7. The van der Waals surface area contributed by atoms with Crippen LogP contribution in [-0.4, -0.2) is 5.91 Å². The van der Waals surface area contributed by atoms with Crippen LogP contribution in [0.3, 0.4) is 0 Å². The Labute approximate surface area is 152 Å². The van der Waals surface area contributed by atoms with Crippen molar-refractivity contribution in [1.82, 2.24) is 0 Å². The van der Waals surface area contributed by atoms with Gasteiger partial charge in [0.2, 0.25) is 5.91 Å². The van der Waals surface area contributed by atoms with Crippen LogP contribution < -0.4 is 5.32 Å². The van der Waals surface area contributed by atoms with Crippen molar-refractivity contribution in [3.63, 3.8) is 0 Å². The highest BCUT2D eigenvalue weighted by atomic mass is 16.1. The van der Waals surface area contributed by atoms with Gasteiger partial charge in [0.15, 0.2) is 0 Å². The van der Waals surface area contributed by atoms with Gasteiger partial charge in [0.25, 0.3) is 0 Å². The highest BCUT2D eigenvalue weighted by Gasteiger charge is 2.18. The quantitative estimate of drug-likeness (QED) is 0.680. The van der Waals surface area contributed by atoms with Gasteiger partial charge < -0.3 is 5.32 Å². The second-order valence-corrected chi connectivity index (χ2v) is 8.57. The molecule has 2 aromatic carbocycles. The Morgan fingerprint density at radius 3 is 2.16 bits per heavy atom. The van der Waals surface area contributed by atoms with Crippen LogP contribution in [0.15, 0.2) is 36.4 Å². The van der Waals surface area contributed by atoms with Crippen LogP contribution in [0, 0.1) is 19.3 Å². The van der Waals surface area contributed by atoms with Gasteiger partial charge in [0.05, 0.1) is 5.69 Å². The van der Waals surface area contributed by atoms with E-state index in [4.69, 9.17) is 0 Å². The summed E-state index contributed by atoms with van der Waals surface area (Å²) in [7, 11) is 0. The lowest BCUT2D eigenvalue weighted by Gasteiger charge is -2.20. The van der Waals surface area contributed by atoms with Crippen molar-refractivity contribution in [2.45, 2.75) is 60.8 Å². The lowest BCUT2D eigenvalue weighted by molar-refractivity contribution is -0.117. The Kier molecular flexibility index (Phi) is 5.72. The van der Waals surface area contributed by atoms with Gasteiger partial charge in [-0.05, 0) is 47.9 Å². The molecule has 2 nitrogen and oxygen atoms in total. The normalized spacial score (nSPS) is 11.7. The molecule has 0 spiro atoms. The maximum Gasteiger partial charge on any atom is 0.224 e. The van der Waals surface area contributed by atoms with Gasteiger partial charge in [0.1, 0.15) is 0 Å². The molecule has 25 heavy (non-hydrogen) atoms. The topological polar surface area (TPSA) is 29.1 Å². The Bertz CT molecular complexity index is 749. The number of hydrogen-bond acceptors (Lipinski definition) is 1. The average Bonchev–Trinajstić information content (AvgIpc) is 2.48. The molecular formula is C23H31NO. The Morgan fingerprint density at radius 1 is 1.04 bits per heavy atom. The third-order valence-corrected chi connectivity index (χ3v) is 4.32. The van der Waals surface area contributed by atoms with Crippen LogP contribution in [0.4, 0.5) is 5.69 Å². The summed E-state index contributed by atoms with van der Waals surface area (Å²) in [6.45, 7) is 14.8. The molecule has 134 valence electrons. The van der Waals surface area contributed by atoms with Crippen LogP contribution >= 0.6 is 0 Å². The Balaban J connectivity index is 2.42. The summed E-state index contributed by atoms with van der Waals surface area (Å²) in [5.41, 5.74) is 6.77. The third-order valence-electron chi connectivity index (χ3n) is 4.32. The summed E-state index contributed by atoms with van der Waals surface area (Å²) in [5, 5.41) is 3.16. The zero-order chi connectivity index (χ0) is 18.8. The van der Waals surface area contributed by atoms with E-state index in [2.05, 4.69) is 90.2 Å². The molecule has 0 unspecified atom stereocenters. The van der Waals surface area contributed by atoms with Crippen LogP contribution in [0.5, 0.6) is 0 Å². The highest BCUT2D eigenvalue weighted by molar-refractivity contribution is 5.97. The first-order chi connectivity index (χ1) is 11.6. The number of nitrogens with one attached hydrogen (secondary N) is 1. The number of hydrogen-bond donors (Lipinski definition) is 1. The number of amides is 1. The van der Waals surface area contributed by atoms with Crippen LogP contribution in [0.2, 0.25) is 0 Å². The summed E-state index contributed by atoms with van der Waals surface area (Å²) in [6, 6.07) is 12.9. The molecule has 0 saturated heterocycles. The SMILES string of the molecule is Cc1cc(C)c(NC(=O)CC(C)(C)C)c(-c2ccc(C(C)C)cc2)c1. The minimum Gasteiger partial charge on any atom is -0.325 e. The molecular weight excluding hydrogens is 306 g/mol. The monoisotopic (exact) mass is 337 g/mol. The van der Waals surface area contributed by atoms with E-state index in [0.717, 1.165) is 22.4 Å². The first kappa shape index (κ1) is 19.2. The minimum atomic E-state index is -0.0260. The molecule has 0 aliphatic heterocycles. The fraction of sp³-hybridized carbons (Fsp3) is 0.435. The molecule has 1 N–H and O–H groups in total. The van der Waals surface area contributed by atoms with Crippen molar-refractivity contribution in [3.05, 3.63) is 53.1 Å². The molecule has 2 aromatic rings. The fourth-order valence-corrected chi connectivity index (χ4v) is 3.07. The van der Waals surface area contributed by atoms with Crippen molar-refractivity contribution in [2.75, 3.05) is 5.32 Å². The molecule has 0 bridgehead atoms. The van der Waals surface area contributed by atoms with Crippen molar-refractivity contribution in [2.24, 2.45) is 5.41 Å². The van der Waals surface area contributed by atoms with Gasteiger partial charge in [0, 0.05) is 12.0 Å². The number of aryl methyl sites for hydroxylation is 2. The molecule has 0 aliphatic carbocycles. The molecule has 0 saturated carbocycles. The standard InChI is InChI=1S/C23H31NO/c1-15(2)18-8-10-19(11-9-18)20-13-16(3)12-17(4)22(20)24-21(25)14-23(5,6)7/h8-13,15H,14H2,1-7H3,(H,24,25). The van der Waals surface area contributed by atoms with Gasteiger partial charge in [-0.3, -0.25) is 4.79 Å². The molecule has 2 heteroatoms. The van der Waals surface area contributed by atoms with Crippen LogP contribution in [0.25, 0.3) is 11.1 Å². The van der Waals surface area contributed by atoms with Crippen molar-refractivity contribution in [1.29, 1.82) is 0 Å². The van der Waals surface area contributed by atoms with E-state index in [-0.39, 0.29) is 11.3 Å². The summed E-state index contributed by atoms with van der Waals surface area (Å²) in [6.07, 6.45) is 0.506. The highest BCUT2D eigenvalue weighted by Crippen LogP contribution is 2.34. The van der Waals surface area contributed by atoms with E-state index in [1.807, 2.05) is 0 Å². The second kappa shape index (κ2) is 7.43. The van der Waals surface area contributed by atoms with E-state index in [0.29, 0.717) is 12.3 Å². The van der Waals surface area contributed by atoms with Gasteiger partial charge in [-0.25, -0.2) is 0 Å². The molecule has 0 fully saturated rings. The number of carbonyl (C=O) groups excluding carboxylic acids is 1. The molecule has 0 aromatic heterocycles. The van der Waals surface area contributed by atoms with Gasteiger partial charge >= 0.3 is 0 Å². The van der Waals surface area contributed by atoms with Crippen molar-refractivity contribution >= 4 is 11.6 Å². The zero-order valence-corrected chi connectivity index (χ0v) is 16.7. The van der Waals surface area contributed by atoms with E-state index >= 15 is 0 Å². The van der Waals surface area contributed by atoms with Gasteiger partial charge in [-0.1, -0.05) is 70.5 Å². The lowest BCUT2D eigenvalue weighted by Crippen LogP contribution is -2.20. The number of rotatable bonds is 4. The summed E-state index contributed by atoms with van der Waals surface area (Å²) >= 11 is 0. The predicted molar refractivity (Wildman–Crippen MR) is 108 cm³/mol. The maximum atomic E-state index is 12.5. The fourth-order valence-electron chi connectivity index (χ4n) is 3.07. The van der Waals surface area contributed by atoms with Crippen LogP contribution in [0.1, 0.15) is 63.6 Å². The molecule has 2 rings (SSSR count). The molecule has 0 heterocycles. The molecule has 0 aliphatic rings. The van der Waals surface area contributed by atoms with Gasteiger partial charge in [-0.15, -0.1) is 0 Å².